The zero-order valence-electron chi connectivity index (χ0n) is 32.0. The van der Waals surface area contributed by atoms with Gasteiger partial charge in [-0.1, -0.05) is 37.4 Å². The standard InChI is InChI=1S/C35H54N2O18S2/c1-17(2)11-27(40)49-30-29(51-57-55-53-45)28(50-56-54-52-44)23(15-46-26(39)8-7-25(38)37-16-36)48-33(30)47-20-12-21(32(42)43)22-9-10-35-13-19(18(3)31(35)41)5-6-24(35)34(22,4)14-20/h17,19-24,28-31,33,41,44-45H,3,5-16,36H2,1-2,4H3,(H,37,38)(H,42,43)/t19?,20?,21?,22?,23-,24?,28-,29?,30?,31+,33?,34?,35?/m1/s1. The molecule has 1 amide bonds. The fourth-order valence-corrected chi connectivity index (χ4v) is 11.1. The largest absolute Gasteiger partial charge is 0.481 e. The molecule has 5 aliphatic rings. The molecule has 4 saturated carbocycles. The van der Waals surface area contributed by atoms with E-state index >= 15 is 0 Å². The molecule has 1 saturated heterocycles. The normalized spacial score (nSPS) is 37.3. The van der Waals surface area contributed by atoms with Crippen molar-refractivity contribution in [3.05, 3.63) is 12.2 Å². The van der Waals surface area contributed by atoms with E-state index in [1.807, 2.05) is 0 Å². The Bertz CT molecular complexity index is 1430. The first-order valence-corrected chi connectivity index (χ1v) is 20.3. The summed E-state index contributed by atoms with van der Waals surface area (Å²) in [4.78, 5) is 51.0. The molecule has 324 valence electrons. The fourth-order valence-electron chi connectivity index (χ4n) is 10.3. The van der Waals surface area contributed by atoms with Gasteiger partial charge in [0.25, 0.3) is 0 Å². The molecule has 0 aromatic rings. The molecule has 5 fully saturated rings. The highest BCUT2D eigenvalue weighted by Gasteiger charge is 2.67. The number of nitrogens with two attached hydrogens (primary N) is 1. The lowest BCUT2D eigenvalue weighted by molar-refractivity contribution is -0.436. The Morgan fingerprint density at radius 3 is 2.35 bits per heavy atom. The molecule has 10 unspecified atom stereocenters. The third-order valence-electron chi connectivity index (χ3n) is 12.5. The second kappa shape index (κ2) is 20.4. The van der Waals surface area contributed by atoms with Crippen LogP contribution in [0.5, 0.6) is 0 Å². The molecule has 1 heterocycles. The van der Waals surface area contributed by atoms with Gasteiger partial charge in [-0.2, -0.15) is 0 Å². The van der Waals surface area contributed by atoms with E-state index in [4.69, 9.17) is 43.6 Å². The quantitative estimate of drug-likeness (QED) is 0.0150. The van der Waals surface area contributed by atoms with Gasteiger partial charge in [-0.15, -0.1) is 8.67 Å². The number of aliphatic carboxylic acids is 1. The van der Waals surface area contributed by atoms with Crippen LogP contribution in [0.2, 0.25) is 0 Å². The van der Waals surface area contributed by atoms with Crippen LogP contribution < -0.4 is 11.1 Å². The number of rotatable bonds is 20. The molecule has 7 N–H and O–H groups in total. The lowest BCUT2D eigenvalue weighted by atomic mass is 9.43. The van der Waals surface area contributed by atoms with E-state index in [1.54, 1.807) is 13.8 Å². The van der Waals surface area contributed by atoms with E-state index in [-0.39, 0.29) is 80.7 Å². The van der Waals surface area contributed by atoms with Gasteiger partial charge >= 0.3 is 17.9 Å². The Kier molecular flexibility index (Phi) is 16.4. The zero-order chi connectivity index (χ0) is 41.5. The number of carbonyl (C=O) groups is 4. The molecule has 4 aliphatic carbocycles. The number of carboxylic acid groups (broad SMARTS) is 1. The monoisotopic (exact) mass is 854 g/mol. The molecule has 0 aromatic heterocycles. The van der Waals surface area contributed by atoms with Crippen LogP contribution in [-0.2, 0) is 65.2 Å². The van der Waals surface area contributed by atoms with Crippen molar-refractivity contribution in [2.75, 3.05) is 13.3 Å². The average Bonchev–Trinajstić information content (AvgIpc) is 3.33. The van der Waals surface area contributed by atoms with E-state index in [9.17, 15) is 29.4 Å². The summed E-state index contributed by atoms with van der Waals surface area (Å²) in [6.07, 6.45) is -5.04. The lowest BCUT2D eigenvalue weighted by Crippen LogP contribution is -2.63. The van der Waals surface area contributed by atoms with Gasteiger partial charge in [0.1, 0.15) is 24.9 Å². The Morgan fingerprint density at radius 2 is 1.70 bits per heavy atom. The number of hydrogen-bond donors (Lipinski definition) is 6. The van der Waals surface area contributed by atoms with Gasteiger partial charge in [-0.3, -0.25) is 27.5 Å². The summed E-state index contributed by atoms with van der Waals surface area (Å²) in [6.45, 7) is 9.24. The summed E-state index contributed by atoms with van der Waals surface area (Å²) in [5, 5.41) is 49.6. The Labute approximate surface area is 338 Å². The molecular formula is C35H54N2O18S2. The molecule has 0 radical (unpaired) electrons. The first-order chi connectivity index (χ1) is 27.2. The minimum absolute atomic E-state index is 0.0276. The predicted octanol–water partition coefficient (Wildman–Crippen LogP) is 3.39. The average molecular weight is 855 g/mol. The van der Waals surface area contributed by atoms with E-state index in [0.29, 0.717) is 19.3 Å². The number of carbonyl (C=O) groups excluding carboxylic acids is 3. The maximum Gasteiger partial charge on any atom is 0.306 e. The van der Waals surface area contributed by atoms with E-state index in [0.717, 1.165) is 24.8 Å². The summed E-state index contributed by atoms with van der Waals surface area (Å²) in [5.74, 6) is -3.92. The summed E-state index contributed by atoms with van der Waals surface area (Å²) in [7, 11) is 0. The second-order valence-corrected chi connectivity index (χ2v) is 17.1. The Morgan fingerprint density at radius 1 is 1.00 bits per heavy atom. The number of fused-ring (bicyclic) bond motifs is 3. The summed E-state index contributed by atoms with van der Waals surface area (Å²) in [5.41, 5.74) is 5.15. The highest BCUT2D eigenvalue weighted by atomic mass is 32.2. The molecule has 2 bridgehead atoms. The fraction of sp³-hybridized carbons (Fsp3) is 0.829. The molecule has 13 atom stereocenters. The van der Waals surface area contributed by atoms with Gasteiger partial charge in [-0.25, -0.2) is 10.5 Å². The number of carboxylic acids is 1. The zero-order valence-corrected chi connectivity index (χ0v) is 33.7. The van der Waals surface area contributed by atoms with Gasteiger partial charge in [0.15, 0.2) is 37.0 Å². The van der Waals surface area contributed by atoms with Crippen molar-refractivity contribution < 1.29 is 86.0 Å². The van der Waals surface area contributed by atoms with Crippen molar-refractivity contribution in [2.24, 2.45) is 46.2 Å². The molecule has 0 aromatic carbocycles. The molecule has 20 nitrogen and oxygen atoms in total. The highest BCUT2D eigenvalue weighted by Crippen LogP contribution is 2.70. The van der Waals surface area contributed by atoms with Gasteiger partial charge in [0.05, 0.1) is 31.2 Å². The van der Waals surface area contributed by atoms with E-state index < -0.39 is 90.1 Å². The van der Waals surface area contributed by atoms with Crippen LogP contribution in [-0.4, -0.2) is 101 Å². The van der Waals surface area contributed by atoms with Crippen molar-refractivity contribution in [2.45, 2.75) is 128 Å². The molecule has 57 heavy (non-hydrogen) atoms. The minimum atomic E-state index is -1.51. The van der Waals surface area contributed by atoms with Crippen molar-refractivity contribution >= 4 is 48.5 Å². The predicted molar refractivity (Wildman–Crippen MR) is 194 cm³/mol. The molecule has 22 heteroatoms. The van der Waals surface area contributed by atoms with Crippen LogP contribution in [0.4, 0.5) is 0 Å². The lowest BCUT2D eigenvalue weighted by Gasteiger charge is -2.62. The number of esters is 2. The molecule has 5 rings (SSSR count). The molecule has 1 spiro atoms. The van der Waals surface area contributed by atoms with Crippen LogP contribution in [0, 0.1) is 40.4 Å². The van der Waals surface area contributed by atoms with Gasteiger partial charge in [0, 0.05) is 18.3 Å². The number of nitrogens with one attached hydrogen (secondary N) is 1. The van der Waals surface area contributed by atoms with Crippen molar-refractivity contribution in [3.8, 4) is 0 Å². The SMILES string of the molecule is C=C1C2CCC3C4(C)CC(OC5O[C@H](COC(=O)CCC(=O)NCN)[C@@H](OSOOO)C(OSOOO)C5OC(=O)CC(C)C)CC(C(=O)O)C4CCC3(C2)[C@H]1O. The van der Waals surface area contributed by atoms with Crippen molar-refractivity contribution in [1.29, 1.82) is 0 Å². The third-order valence-corrected chi connectivity index (χ3v) is 13.4. The van der Waals surface area contributed by atoms with Crippen molar-refractivity contribution in [1.82, 2.24) is 5.32 Å². The highest BCUT2D eigenvalue weighted by molar-refractivity contribution is 7.90. The molecular weight excluding hydrogens is 801 g/mol. The van der Waals surface area contributed by atoms with Crippen molar-refractivity contribution in [3.63, 3.8) is 0 Å². The third kappa shape index (κ3) is 10.4. The minimum Gasteiger partial charge on any atom is -0.481 e. The van der Waals surface area contributed by atoms with Crippen LogP contribution in [0.25, 0.3) is 0 Å². The van der Waals surface area contributed by atoms with Crippen LogP contribution in [0.1, 0.15) is 85.0 Å². The van der Waals surface area contributed by atoms with Crippen LogP contribution >= 0.6 is 24.6 Å². The smallest absolute Gasteiger partial charge is 0.306 e. The first-order valence-electron chi connectivity index (χ1n) is 19.0. The van der Waals surface area contributed by atoms with E-state index in [2.05, 4.69) is 37.6 Å². The van der Waals surface area contributed by atoms with Gasteiger partial charge < -0.3 is 40.2 Å². The van der Waals surface area contributed by atoms with Crippen LogP contribution in [0.15, 0.2) is 12.2 Å². The Hall–Kier alpha value is -2.16. The summed E-state index contributed by atoms with van der Waals surface area (Å²) >= 11 is 0.238. The summed E-state index contributed by atoms with van der Waals surface area (Å²) < 4.78 is 44.8. The Balaban J connectivity index is 1.47. The second-order valence-electron chi connectivity index (χ2n) is 16.2. The number of ether oxygens (including phenoxy) is 4. The maximum absolute atomic E-state index is 13.3. The number of amides is 1. The van der Waals surface area contributed by atoms with Gasteiger partial charge in [0.2, 0.25) is 5.91 Å². The maximum atomic E-state index is 13.3. The number of aliphatic hydroxyl groups is 1. The first kappa shape index (κ1) is 45.9. The summed E-state index contributed by atoms with van der Waals surface area (Å²) in [6, 6.07) is 0. The number of hydrogen-bond acceptors (Lipinski definition) is 20. The molecule has 1 aliphatic heterocycles. The van der Waals surface area contributed by atoms with E-state index in [1.165, 1.54) is 0 Å². The number of aliphatic hydroxyl groups excluding tert-OH is 1. The topological polar surface area (TPSA) is 280 Å². The van der Waals surface area contributed by atoms with Crippen LogP contribution in [0.3, 0.4) is 0 Å². The van der Waals surface area contributed by atoms with Gasteiger partial charge in [-0.05, 0) is 79.6 Å².